The standard InChI is InChI=1S/C20H20F3N3O3.2ClH/c1-28-17-11-13(12-24)10-16(19(17)27)18(26-8-6-25-7-9-26)14-2-4-15(5-3-14)29-20(21,22)23;;/h2-5,10-11,18,25,27H,6-9H2,1H3;2*1H/t18-;;/m1../s1. The van der Waals surface area contributed by atoms with Crippen LogP contribution < -0.4 is 14.8 Å². The minimum absolute atomic E-state index is 0. The SMILES string of the molecule is COc1cc(C#N)cc([C@@H](c2ccc(OC(F)(F)F)cc2)N2CCNCC2)c1O.Cl.Cl. The fourth-order valence-electron chi connectivity index (χ4n) is 3.44. The molecule has 0 saturated carbocycles. The first-order valence-electron chi connectivity index (χ1n) is 8.94. The molecule has 1 aliphatic heterocycles. The van der Waals surface area contributed by atoms with E-state index in [0.29, 0.717) is 29.8 Å². The molecular formula is C20H22Cl2F3N3O3. The average Bonchev–Trinajstić information content (AvgIpc) is 2.70. The summed E-state index contributed by atoms with van der Waals surface area (Å²) in [5.41, 5.74) is 1.42. The number of alkyl halides is 3. The zero-order valence-corrected chi connectivity index (χ0v) is 18.1. The predicted octanol–water partition coefficient (Wildman–Crippen LogP) is 4.01. The summed E-state index contributed by atoms with van der Waals surface area (Å²) in [4.78, 5) is 2.09. The lowest BCUT2D eigenvalue weighted by Crippen LogP contribution is -2.45. The van der Waals surface area contributed by atoms with Crippen LogP contribution in [0.2, 0.25) is 0 Å². The number of hydrogen-bond donors (Lipinski definition) is 2. The Morgan fingerprint density at radius 3 is 2.26 bits per heavy atom. The first-order valence-corrected chi connectivity index (χ1v) is 8.94. The lowest BCUT2D eigenvalue weighted by Gasteiger charge is -2.36. The molecule has 170 valence electrons. The molecule has 0 aliphatic carbocycles. The molecule has 2 N–H and O–H groups in total. The second kappa shape index (κ2) is 11.3. The number of nitriles is 1. The van der Waals surface area contributed by atoms with Crippen molar-refractivity contribution in [1.29, 1.82) is 5.26 Å². The molecule has 0 bridgehead atoms. The Bertz CT molecular complexity index is 900. The Balaban J connectivity index is 0.00000240. The molecule has 1 saturated heterocycles. The average molecular weight is 480 g/mol. The van der Waals surface area contributed by atoms with E-state index < -0.39 is 12.4 Å². The molecule has 31 heavy (non-hydrogen) atoms. The van der Waals surface area contributed by atoms with E-state index in [-0.39, 0.29) is 42.1 Å². The zero-order chi connectivity index (χ0) is 21.0. The molecular weight excluding hydrogens is 458 g/mol. The van der Waals surface area contributed by atoms with Crippen molar-refractivity contribution in [1.82, 2.24) is 10.2 Å². The van der Waals surface area contributed by atoms with Crippen LogP contribution >= 0.6 is 24.8 Å². The lowest BCUT2D eigenvalue weighted by atomic mass is 9.93. The van der Waals surface area contributed by atoms with Gasteiger partial charge in [-0.25, -0.2) is 0 Å². The summed E-state index contributed by atoms with van der Waals surface area (Å²) in [5, 5.41) is 23.3. The number of hydrogen-bond acceptors (Lipinski definition) is 6. The molecule has 1 heterocycles. The minimum Gasteiger partial charge on any atom is -0.504 e. The molecule has 0 amide bonds. The van der Waals surface area contributed by atoms with Crippen molar-refractivity contribution in [2.45, 2.75) is 12.4 Å². The van der Waals surface area contributed by atoms with Gasteiger partial charge in [0, 0.05) is 37.8 Å². The fraction of sp³-hybridized carbons (Fsp3) is 0.350. The normalized spacial score (nSPS) is 15.1. The van der Waals surface area contributed by atoms with Crippen LogP contribution in [0.5, 0.6) is 17.2 Å². The molecule has 3 rings (SSSR count). The van der Waals surface area contributed by atoms with Crippen molar-refractivity contribution in [3.8, 4) is 23.3 Å². The number of phenolic OH excluding ortho intramolecular Hbond substituents is 1. The Morgan fingerprint density at radius 1 is 1.13 bits per heavy atom. The van der Waals surface area contributed by atoms with E-state index in [2.05, 4.69) is 15.0 Å². The van der Waals surface area contributed by atoms with Crippen molar-refractivity contribution in [3.05, 3.63) is 53.1 Å². The number of methoxy groups -OCH3 is 1. The number of piperazine rings is 1. The monoisotopic (exact) mass is 479 g/mol. The van der Waals surface area contributed by atoms with Crippen LogP contribution in [0.25, 0.3) is 0 Å². The van der Waals surface area contributed by atoms with Gasteiger partial charge < -0.3 is 19.9 Å². The van der Waals surface area contributed by atoms with E-state index >= 15 is 0 Å². The van der Waals surface area contributed by atoms with Gasteiger partial charge in [0.2, 0.25) is 0 Å². The molecule has 0 aromatic heterocycles. The summed E-state index contributed by atoms with van der Waals surface area (Å²) in [6.45, 7) is 2.76. The molecule has 0 spiro atoms. The molecule has 1 aliphatic rings. The molecule has 0 unspecified atom stereocenters. The van der Waals surface area contributed by atoms with Gasteiger partial charge in [0.25, 0.3) is 0 Å². The van der Waals surface area contributed by atoms with Crippen LogP contribution in [0.1, 0.15) is 22.7 Å². The molecule has 11 heteroatoms. The third kappa shape index (κ3) is 6.55. The number of benzene rings is 2. The maximum atomic E-state index is 12.5. The number of halogens is 5. The van der Waals surface area contributed by atoms with Crippen molar-refractivity contribution in [2.75, 3.05) is 33.3 Å². The molecule has 2 aromatic carbocycles. The van der Waals surface area contributed by atoms with Crippen molar-refractivity contribution >= 4 is 24.8 Å². The summed E-state index contributed by atoms with van der Waals surface area (Å²) in [6, 6.07) is 10.1. The highest BCUT2D eigenvalue weighted by atomic mass is 35.5. The van der Waals surface area contributed by atoms with Gasteiger partial charge in [-0.05, 0) is 23.8 Å². The number of nitrogens with zero attached hydrogens (tertiary/aromatic N) is 2. The second-order valence-electron chi connectivity index (χ2n) is 6.53. The molecule has 6 nitrogen and oxygen atoms in total. The van der Waals surface area contributed by atoms with E-state index in [1.54, 1.807) is 6.07 Å². The predicted molar refractivity (Wildman–Crippen MR) is 113 cm³/mol. The van der Waals surface area contributed by atoms with E-state index in [9.17, 15) is 23.5 Å². The summed E-state index contributed by atoms with van der Waals surface area (Å²) in [5.74, 6) is -0.269. The van der Waals surface area contributed by atoms with Crippen LogP contribution in [-0.2, 0) is 0 Å². The smallest absolute Gasteiger partial charge is 0.504 e. The summed E-state index contributed by atoms with van der Waals surface area (Å²) in [6.07, 6.45) is -4.77. The van der Waals surface area contributed by atoms with Crippen LogP contribution in [-0.4, -0.2) is 49.7 Å². The van der Waals surface area contributed by atoms with Gasteiger partial charge in [-0.2, -0.15) is 5.26 Å². The number of rotatable bonds is 5. The maximum absolute atomic E-state index is 12.5. The summed E-state index contributed by atoms with van der Waals surface area (Å²) in [7, 11) is 1.39. The first kappa shape index (κ1) is 26.7. The van der Waals surface area contributed by atoms with E-state index in [1.165, 1.54) is 37.4 Å². The fourth-order valence-corrected chi connectivity index (χ4v) is 3.44. The van der Waals surface area contributed by atoms with Crippen molar-refractivity contribution in [3.63, 3.8) is 0 Å². The summed E-state index contributed by atoms with van der Waals surface area (Å²) < 4.78 is 46.5. The number of aromatic hydroxyl groups is 1. The van der Waals surface area contributed by atoms with Crippen LogP contribution in [0.4, 0.5) is 13.2 Å². The van der Waals surface area contributed by atoms with E-state index in [4.69, 9.17) is 4.74 Å². The first-order chi connectivity index (χ1) is 13.8. The second-order valence-corrected chi connectivity index (χ2v) is 6.53. The Hall–Kier alpha value is -2.38. The Morgan fingerprint density at radius 2 is 1.74 bits per heavy atom. The summed E-state index contributed by atoms with van der Waals surface area (Å²) >= 11 is 0. The van der Waals surface area contributed by atoms with E-state index in [1.807, 2.05) is 6.07 Å². The van der Waals surface area contributed by atoms with Gasteiger partial charge >= 0.3 is 6.36 Å². The van der Waals surface area contributed by atoms with Crippen molar-refractivity contribution in [2.24, 2.45) is 0 Å². The van der Waals surface area contributed by atoms with Gasteiger partial charge in [-0.15, -0.1) is 38.0 Å². The molecule has 0 radical (unpaired) electrons. The minimum atomic E-state index is -4.77. The maximum Gasteiger partial charge on any atom is 0.573 e. The zero-order valence-electron chi connectivity index (χ0n) is 16.5. The topological polar surface area (TPSA) is 77.8 Å². The quantitative estimate of drug-likeness (QED) is 0.674. The third-order valence-corrected chi connectivity index (χ3v) is 4.69. The third-order valence-electron chi connectivity index (χ3n) is 4.69. The molecule has 2 aromatic rings. The lowest BCUT2D eigenvalue weighted by molar-refractivity contribution is -0.274. The van der Waals surface area contributed by atoms with Gasteiger partial charge in [0.15, 0.2) is 11.5 Å². The van der Waals surface area contributed by atoms with Crippen LogP contribution in [0, 0.1) is 11.3 Å². The van der Waals surface area contributed by atoms with E-state index in [0.717, 1.165) is 13.1 Å². The molecule has 1 fully saturated rings. The number of nitrogens with one attached hydrogen (secondary N) is 1. The Labute approximate surface area is 190 Å². The van der Waals surface area contributed by atoms with Crippen molar-refractivity contribution < 1.29 is 27.8 Å². The largest absolute Gasteiger partial charge is 0.573 e. The van der Waals surface area contributed by atoms with Gasteiger partial charge in [0.1, 0.15) is 5.75 Å². The van der Waals surface area contributed by atoms with Gasteiger partial charge in [0.05, 0.1) is 24.8 Å². The van der Waals surface area contributed by atoms with Gasteiger partial charge in [-0.3, -0.25) is 4.90 Å². The highest BCUT2D eigenvalue weighted by molar-refractivity contribution is 5.85. The van der Waals surface area contributed by atoms with Crippen LogP contribution in [0.3, 0.4) is 0 Å². The number of phenols is 1. The molecule has 1 atom stereocenters. The highest BCUT2D eigenvalue weighted by Gasteiger charge is 2.32. The highest BCUT2D eigenvalue weighted by Crippen LogP contribution is 2.41. The Kier molecular flexibility index (Phi) is 9.72. The van der Waals surface area contributed by atoms with Gasteiger partial charge in [-0.1, -0.05) is 12.1 Å². The van der Waals surface area contributed by atoms with Crippen LogP contribution in [0.15, 0.2) is 36.4 Å². The number of ether oxygens (including phenoxy) is 2.